The molecule has 3 aromatic heterocycles. The number of hydrogen-bond acceptors (Lipinski definition) is 2. The Morgan fingerprint density at radius 1 is 0.435 bits per heavy atom. The van der Waals surface area contributed by atoms with Crippen LogP contribution in [0.4, 0.5) is 11.4 Å². The number of para-hydroxylation sites is 7. The van der Waals surface area contributed by atoms with Gasteiger partial charge in [0.25, 0.3) is 0 Å². The Morgan fingerprint density at radius 2 is 0.968 bits per heavy atom. The summed E-state index contributed by atoms with van der Waals surface area (Å²) in [6.07, 6.45) is 7.98. The second kappa shape index (κ2) is 13.7. The Morgan fingerprint density at radius 3 is 1.61 bits per heavy atom. The van der Waals surface area contributed by atoms with Crippen LogP contribution in [0.15, 0.2) is 223 Å². The zero-order chi connectivity index (χ0) is 40.7. The van der Waals surface area contributed by atoms with Gasteiger partial charge in [-0.1, -0.05) is 146 Å². The van der Waals surface area contributed by atoms with Gasteiger partial charge in [-0.25, -0.2) is 0 Å². The number of anilines is 2. The fourth-order valence-corrected chi connectivity index (χ4v) is 10.2. The normalized spacial score (nSPS) is 14.3. The number of nitrogens with zero attached hydrogens (tertiary/aromatic N) is 3. The summed E-state index contributed by atoms with van der Waals surface area (Å²) in [6, 6.07) is 72.6. The molecule has 1 aliphatic rings. The van der Waals surface area contributed by atoms with Gasteiger partial charge in [0.15, 0.2) is 0 Å². The summed E-state index contributed by atoms with van der Waals surface area (Å²) in [6.45, 7) is 0. The average molecular weight is 794 g/mol. The zero-order valence-corrected chi connectivity index (χ0v) is 33.8. The smallest absolute Gasteiger partial charge is 0.136 e. The third kappa shape index (κ3) is 5.26. The van der Waals surface area contributed by atoms with E-state index in [4.69, 9.17) is 4.42 Å². The van der Waals surface area contributed by atoms with Crippen LogP contribution in [0.25, 0.3) is 98.8 Å². The summed E-state index contributed by atoms with van der Waals surface area (Å²) in [5.41, 5.74) is 13.5. The second-order valence-electron chi connectivity index (χ2n) is 16.4. The molecule has 62 heavy (non-hydrogen) atoms. The van der Waals surface area contributed by atoms with Gasteiger partial charge in [-0.15, -0.1) is 0 Å². The molecule has 12 aromatic rings. The van der Waals surface area contributed by atoms with Crippen LogP contribution in [-0.4, -0.2) is 15.2 Å². The van der Waals surface area contributed by atoms with E-state index in [0.29, 0.717) is 0 Å². The van der Waals surface area contributed by atoms with Crippen molar-refractivity contribution in [3.63, 3.8) is 0 Å². The lowest BCUT2D eigenvalue weighted by atomic mass is 9.96. The number of aromatic nitrogens is 2. The van der Waals surface area contributed by atoms with Crippen molar-refractivity contribution in [3.05, 3.63) is 218 Å². The topological polar surface area (TPSA) is 26.2 Å². The highest BCUT2D eigenvalue weighted by molar-refractivity contribution is 6.13. The van der Waals surface area contributed by atoms with E-state index in [-0.39, 0.29) is 6.04 Å². The van der Waals surface area contributed by atoms with Crippen LogP contribution in [0.2, 0.25) is 0 Å². The molecule has 0 fully saturated rings. The lowest BCUT2D eigenvalue weighted by Gasteiger charge is -2.36. The van der Waals surface area contributed by atoms with Crippen molar-refractivity contribution in [2.45, 2.75) is 12.5 Å². The Balaban J connectivity index is 1.01. The second-order valence-corrected chi connectivity index (χ2v) is 16.4. The maximum absolute atomic E-state index is 6.48. The fourth-order valence-electron chi connectivity index (χ4n) is 10.2. The molecule has 0 aliphatic heterocycles. The molecule has 0 bridgehead atoms. The first-order valence-corrected chi connectivity index (χ1v) is 21.5. The summed E-state index contributed by atoms with van der Waals surface area (Å²) >= 11 is 0. The third-order valence-corrected chi connectivity index (χ3v) is 13.0. The molecule has 4 nitrogen and oxygen atoms in total. The van der Waals surface area contributed by atoms with Crippen molar-refractivity contribution < 1.29 is 4.42 Å². The minimum atomic E-state index is 0.00656. The Bertz CT molecular complexity index is 3710. The first-order chi connectivity index (χ1) is 30.8. The summed E-state index contributed by atoms with van der Waals surface area (Å²) < 4.78 is 11.4. The van der Waals surface area contributed by atoms with E-state index in [2.05, 4.69) is 232 Å². The monoisotopic (exact) mass is 793 g/mol. The quantitative estimate of drug-likeness (QED) is 0.168. The fraction of sp³-hybridized carbons (Fsp3) is 0.0345. The van der Waals surface area contributed by atoms with E-state index in [1.807, 2.05) is 0 Å². The molecule has 292 valence electrons. The van der Waals surface area contributed by atoms with E-state index < -0.39 is 0 Å². The van der Waals surface area contributed by atoms with Gasteiger partial charge in [-0.2, -0.15) is 0 Å². The van der Waals surface area contributed by atoms with E-state index in [9.17, 15) is 0 Å². The van der Waals surface area contributed by atoms with E-state index >= 15 is 0 Å². The van der Waals surface area contributed by atoms with Crippen LogP contribution in [0, 0.1) is 0 Å². The van der Waals surface area contributed by atoms with Crippen molar-refractivity contribution in [3.8, 4) is 16.8 Å². The largest absolute Gasteiger partial charge is 0.456 e. The van der Waals surface area contributed by atoms with Gasteiger partial charge < -0.3 is 18.5 Å². The highest BCUT2D eigenvalue weighted by Crippen LogP contribution is 2.45. The molecule has 0 N–H and O–H groups in total. The molecule has 1 atom stereocenters. The minimum Gasteiger partial charge on any atom is -0.456 e. The number of furan rings is 1. The van der Waals surface area contributed by atoms with E-state index in [1.54, 1.807) is 0 Å². The highest BCUT2D eigenvalue weighted by Gasteiger charge is 2.27. The number of allylic oxidation sites excluding steroid dienone is 2. The van der Waals surface area contributed by atoms with Crippen molar-refractivity contribution in [1.82, 2.24) is 9.13 Å². The minimum absolute atomic E-state index is 0.00656. The van der Waals surface area contributed by atoms with Crippen molar-refractivity contribution >= 4 is 93.4 Å². The van der Waals surface area contributed by atoms with Crippen LogP contribution >= 0.6 is 0 Å². The average Bonchev–Trinajstić information content (AvgIpc) is 3.99. The molecule has 1 aliphatic carbocycles. The van der Waals surface area contributed by atoms with Gasteiger partial charge in [0.2, 0.25) is 0 Å². The predicted molar refractivity (Wildman–Crippen MR) is 261 cm³/mol. The highest BCUT2D eigenvalue weighted by atomic mass is 16.3. The maximum atomic E-state index is 6.48. The lowest BCUT2D eigenvalue weighted by molar-refractivity contribution is 0.669. The van der Waals surface area contributed by atoms with Crippen LogP contribution in [0.5, 0.6) is 0 Å². The number of rotatable bonds is 6. The van der Waals surface area contributed by atoms with Gasteiger partial charge in [-0.05, 0) is 95.6 Å². The van der Waals surface area contributed by atoms with Crippen LogP contribution in [0.1, 0.15) is 6.42 Å². The van der Waals surface area contributed by atoms with Crippen LogP contribution in [-0.2, 0) is 0 Å². The molecule has 0 radical (unpaired) electrons. The summed E-state index contributed by atoms with van der Waals surface area (Å²) in [5, 5.41) is 9.66. The van der Waals surface area contributed by atoms with Gasteiger partial charge in [0, 0.05) is 49.3 Å². The lowest BCUT2D eigenvalue weighted by Crippen LogP contribution is -2.31. The number of fused-ring (bicyclic) bond motifs is 10. The number of hydrogen-bond donors (Lipinski definition) is 0. The van der Waals surface area contributed by atoms with Crippen molar-refractivity contribution in [1.29, 1.82) is 0 Å². The molecule has 0 saturated carbocycles. The third-order valence-electron chi connectivity index (χ3n) is 13.0. The Hall–Kier alpha value is -8.08. The molecule has 9 aromatic carbocycles. The van der Waals surface area contributed by atoms with Crippen molar-refractivity contribution in [2.75, 3.05) is 4.90 Å². The van der Waals surface area contributed by atoms with Gasteiger partial charge in [-0.3, -0.25) is 0 Å². The maximum Gasteiger partial charge on any atom is 0.136 e. The molecular weight excluding hydrogens is 755 g/mol. The Labute approximate surface area is 358 Å². The SMILES string of the molecule is C1=CC(N(c2ccccc2-c2ccc3oc4cc5ccccc5cc4c3c2)c2ccccc2-n2c3ccccc3c3ccccc32)CC=C1n1c2ccccc2c2ccccc21. The molecule has 13 rings (SSSR count). The molecule has 0 saturated heterocycles. The van der Waals surface area contributed by atoms with E-state index in [1.165, 1.54) is 60.1 Å². The molecule has 4 heteroatoms. The van der Waals surface area contributed by atoms with Gasteiger partial charge in [0.05, 0.1) is 39.5 Å². The standard InChI is InChI=1S/C58H39N3O/c1-2-16-39-37-58-49(35-38(39)15-1)48-36-40(29-34-57(48)62-58)43-17-3-8-22-50(43)60(42-32-30-41(31-33-42)59-51-23-9-4-18-44(51)45-19-5-10-24-52(45)59)55-27-13-14-28-56(55)61-53-25-11-6-20-46(53)47-21-7-12-26-54(47)61/h1-32,34-37,42H,33H2. The van der Waals surface area contributed by atoms with Crippen LogP contribution in [0.3, 0.4) is 0 Å². The molecular formula is C58H39N3O. The van der Waals surface area contributed by atoms with Gasteiger partial charge >= 0.3 is 0 Å². The van der Waals surface area contributed by atoms with Gasteiger partial charge in [0.1, 0.15) is 11.2 Å². The molecule has 3 heterocycles. The Kier molecular flexibility index (Phi) is 7.70. The molecule has 0 amide bonds. The predicted octanol–water partition coefficient (Wildman–Crippen LogP) is 15.6. The van der Waals surface area contributed by atoms with Crippen LogP contribution < -0.4 is 4.90 Å². The zero-order valence-electron chi connectivity index (χ0n) is 33.8. The first kappa shape index (κ1) is 34.8. The summed E-state index contributed by atoms with van der Waals surface area (Å²) in [7, 11) is 0. The van der Waals surface area contributed by atoms with E-state index in [0.717, 1.165) is 56.5 Å². The summed E-state index contributed by atoms with van der Waals surface area (Å²) in [5.74, 6) is 0. The first-order valence-electron chi connectivity index (χ1n) is 21.5. The van der Waals surface area contributed by atoms with Crippen molar-refractivity contribution in [2.24, 2.45) is 0 Å². The number of benzene rings is 9. The summed E-state index contributed by atoms with van der Waals surface area (Å²) in [4.78, 5) is 2.58. The molecule has 1 unspecified atom stereocenters. The molecule has 0 spiro atoms.